The molecule has 0 N–H and O–H groups in total. The SMILES string of the molecule is O=C1c2ccccc2C(=O)N1OCC1COC1. The van der Waals surface area contributed by atoms with Crippen molar-refractivity contribution in [2.24, 2.45) is 5.92 Å². The lowest BCUT2D eigenvalue weighted by Gasteiger charge is -2.26. The van der Waals surface area contributed by atoms with E-state index in [0.717, 1.165) is 5.06 Å². The Morgan fingerprint density at radius 3 is 2.24 bits per heavy atom. The highest BCUT2D eigenvalue weighted by molar-refractivity contribution is 6.20. The topological polar surface area (TPSA) is 55.8 Å². The molecule has 2 heterocycles. The van der Waals surface area contributed by atoms with E-state index >= 15 is 0 Å². The number of carbonyl (C=O) groups is 2. The van der Waals surface area contributed by atoms with Crippen LogP contribution >= 0.6 is 0 Å². The number of fused-ring (bicyclic) bond motifs is 1. The lowest BCUT2D eigenvalue weighted by atomic mass is 10.1. The first-order chi connectivity index (χ1) is 8.27. The van der Waals surface area contributed by atoms with Crippen molar-refractivity contribution in [1.29, 1.82) is 0 Å². The van der Waals surface area contributed by atoms with Crippen LogP contribution in [-0.4, -0.2) is 36.7 Å². The van der Waals surface area contributed by atoms with Crippen LogP contribution < -0.4 is 0 Å². The predicted octanol–water partition coefficient (Wildman–Crippen LogP) is 0.861. The first-order valence-corrected chi connectivity index (χ1v) is 5.46. The number of amides is 2. The molecule has 0 aromatic heterocycles. The Morgan fingerprint density at radius 1 is 1.18 bits per heavy atom. The standard InChI is InChI=1S/C12H11NO4/c14-11-9-3-1-2-4-10(9)12(15)13(11)17-7-8-5-16-6-8/h1-4,8H,5-7H2. The van der Waals surface area contributed by atoms with Gasteiger partial charge in [0.15, 0.2) is 0 Å². The minimum Gasteiger partial charge on any atom is -0.381 e. The summed E-state index contributed by atoms with van der Waals surface area (Å²) in [5.74, 6) is -0.490. The van der Waals surface area contributed by atoms with Crippen LogP contribution in [0.15, 0.2) is 24.3 Å². The van der Waals surface area contributed by atoms with Crippen LogP contribution in [-0.2, 0) is 9.57 Å². The summed E-state index contributed by atoms with van der Waals surface area (Å²) in [5, 5.41) is 0.850. The highest BCUT2D eigenvalue weighted by Crippen LogP contribution is 2.23. The van der Waals surface area contributed by atoms with Crippen LogP contribution in [0.1, 0.15) is 20.7 Å². The van der Waals surface area contributed by atoms with Gasteiger partial charge in [0.1, 0.15) is 0 Å². The maximum Gasteiger partial charge on any atom is 0.285 e. The van der Waals surface area contributed by atoms with Gasteiger partial charge >= 0.3 is 0 Å². The van der Waals surface area contributed by atoms with E-state index in [4.69, 9.17) is 9.57 Å². The van der Waals surface area contributed by atoms with E-state index in [1.54, 1.807) is 24.3 Å². The van der Waals surface area contributed by atoms with E-state index in [1.807, 2.05) is 0 Å². The summed E-state index contributed by atoms with van der Waals surface area (Å²) in [6.45, 7) is 1.60. The third-order valence-corrected chi connectivity index (χ3v) is 2.90. The zero-order valence-electron chi connectivity index (χ0n) is 9.09. The fourth-order valence-electron chi connectivity index (χ4n) is 1.85. The first kappa shape index (κ1) is 10.4. The van der Waals surface area contributed by atoms with E-state index < -0.39 is 0 Å². The smallest absolute Gasteiger partial charge is 0.285 e. The molecule has 0 bridgehead atoms. The van der Waals surface area contributed by atoms with Crippen LogP contribution in [0.4, 0.5) is 0 Å². The van der Waals surface area contributed by atoms with E-state index in [-0.39, 0.29) is 17.7 Å². The zero-order valence-corrected chi connectivity index (χ0v) is 9.09. The average Bonchev–Trinajstić information content (AvgIpc) is 2.53. The van der Waals surface area contributed by atoms with Crippen molar-refractivity contribution >= 4 is 11.8 Å². The fourth-order valence-corrected chi connectivity index (χ4v) is 1.85. The maximum atomic E-state index is 11.9. The normalized spacial score (nSPS) is 19.4. The number of nitrogens with zero attached hydrogens (tertiary/aromatic N) is 1. The lowest BCUT2D eigenvalue weighted by molar-refractivity contribution is -0.144. The Bertz CT molecular complexity index is 446. The van der Waals surface area contributed by atoms with Crippen molar-refractivity contribution in [3.63, 3.8) is 0 Å². The zero-order chi connectivity index (χ0) is 11.8. The second-order valence-electron chi connectivity index (χ2n) is 4.15. The van der Waals surface area contributed by atoms with Gasteiger partial charge in [0, 0.05) is 5.92 Å². The van der Waals surface area contributed by atoms with Gasteiger partial charge in [0.25, 0.3) is 11.8 Å². The van der Waals surface area contributed by atoms with Crippen molar-refractivity contribution < 1.29 is 19.2 Å². The number of carbonyl (C=O) groups excluding carboxylic acids is 2. The van der Waals surface area contributed by atoms with Gasteiger partial charge in [-0.2, -0.15) is 0 Å². The van der Waals surface area contributed by atoms with Crippen LogP contribution in [0, 0.1) is 5.92 Å². The van der Waals surface area contributed by atoms with Crippen molar-refractivity contribution in [2.45, 2.75) is 0 Å². The number of hydrogen-bond donors (Lipinski definition) is 0. The van der Waals surface area contributed by atoms with Gasteiger partial charge < -0.3 is 4.74 Å². The molecule has 0 atom stereocenters. The molecule has 88 valence electrons. The minimum atomic E-state index is -0.383. The van der Waals surface area contributed by atoms with Crippen molar-refractivity contribution in [3.8, 4) is 0 Å². The summed E-state index contributed by atoms with van der Waals surface area (Å²) in [6, 6.07) is 6.72. The fraction of sp³-hybridized carbons (Fsp3) is 0.333. The van der Waals surface area contributed by atoms with Crippen molar-refractivity contribution in [2.75, 3.05) is 19.8 Å². The van der Waals surface area contributed by atoms with E-state index in [2.05, 4.69) is 0 Å². The molecule has 1 aromatic rings. The molecule has 0 spiro atoms. The highest BCUT2D eigenvalue weighted by Gasteiger charge is 2.37. The molecule has 0 saturated carbocycles. The minimum absolute atomic E-state index is 0.277. The Hall–Kier alpha value is -1.72. The van der Waals surface area contributed by atoms with Gasteiger partial charge in [-0.1, -0.05) is 12.1 Å². The molecule has 2 amide bonds. The Morgan fingerprint density at radius 2 is 1.76 bits per heavy atom. The van der Waals surface area contributed by atoms with E-state index in [9.17, 15) is 9.59 Å². The number of hydroxylamine groups is 2. The Labute approximate surface area is 97.9 Å². The van der Waals surface area contributed by atoms with Crippen LogP contribution in [0.5, 0.6) is 0 Å². The number of imide groups is 1. The molecule has 2 aliphatic heterocycles. The maximum absolute atomic E-state index is 11.9. The highest BCUT2D eigenvalue weighted by atomic mass is 16.7. The largest absolute Gasteiger partial charge is 0.381 e. The second kappa shape index (κ2) is 3.94. The average molecular weight is 233 g/mol. The van der Waals surface area contributed by atoms with E-state index in [0.29, 0.717) is 30.9 Å². The summed E-state index contributed by atoms with van der Waals surface area (Å²) in [5.41, 5.74) is 0.810. The molecule has 17 heavy (non-hydrogen) atoms. The summed E-state index contributed by atoms with van der Waals surface area (Å²) in [7, 11) is 0. The molecule has 1 fully saturated rings. The lowest BCUT2D eigenvalue weighted by Crippen LogP contribution is -2.37. The third-order valence-electron chi connectivity index (χ3n) is 2.90. The molecular formula is C12H11NO4. The van der Waals surface area contributed by atoms with Crippen LogP contribution in [0.2, 0.25) is 0 Å². The van der Waals surface area contributed by atoms with Gasteiger partial charge in [0.05, 0.1) is 30.9 Å². The molecule has 1 aromatic carbocycles. The van der Waals surface area contributed by atoms with Crippen LogP contribution in [0.25, 0.3) is 0 Å². The van der Waals surface area contributed by atoms with Gasteiger partial charge in [0.2, 0.25) is 0 Å². The van der Waals surface area contributed by atoms with Gasteiger partial charge in [-0.05, 0) is 12.1 Å². The third kappa shape index (κ3) is 1.64. The van der Waals surface area contributed by atoms with Crippen LogP contribution in [0.3, 0.4) is 0 Å². The Kier molecular flexibility index (Phi) is 2.42. The van der Waals surface area contributed by atoms with E-state index in [1.165, 1.54) is 0 Å². The first-order valence-electron chi connectivity index (χ1n) is 5.46. The quantitative estimate of drug-likeness (QED) is 0.726. The number of hydrogen-bond acceptors (Lipinski definition) is 4. The molecule has 0 aliphatic carbocycles. The van der Waals surface area contributed by atoms with Gasteiger partial charge in [-0.25, -0.2) is 0 Å². The second-order valence-corrected chi connectivity index (χ2v) is 4.15. The molecule has 5 heteroatoms. The molecule has 1 saturated heterocycles. The molecule has 3 rings (SSSR count). The molecule has 0 unspecified atom stereocenters. The Balaban J connectivity index is 1.75. The predicted molar refractivity (Wildman–Crippen MR) is 57.2 cm³/mol. The number of rotatable bonds is 3. The van der Waals surface area contributed by atoms with Gasteiger partial charge in [-0.3, -0.25) is 14.4 Å². The molecule has 0 radical (unpaired) electrons. The van der Waals surface area contributed by atoms with Crippen molar-refractivity contribution in [1.82, 2.24) is 5.06 Å². The summed E-state index contributed by atoms with van der Waals surface area (Å²) >= 11 is 0. The number of benzene rings is 1. The summed E-state index contributed by atoms with van der Waals surface area (Å²) in [4.78, 5) is 29.0. The monoisotopic (exact) mass is 233 g/mol. The molecule has 5 nitrogen and oxygen atoms in total. The summed E-state index contributed by atoms with van der Waals surface area (Å²) < 4.78 is 5.00. The number of ether oxygens (including phenoxy) is 1. The molecule has 2 aliphatic rings. The van der Waals surface area contributed by atoms with Crippen molar-refractivity contribution in [3.05, 3.63) is 35.4 Å². The molecular weight excluding hydrogens is 222 g/mol. The van der Waals surface area contributed by atoms with Gasteiger partial charge in [-0.15, -0.1) is 5.06 Å². The summed E-state index contributed by atoms with van der Waals surface area (Å²) in [6.07, 6.45) is 0.